The molecule has 0 aliphatic carbocycles. The van der Waals surface area contributed by atoms with E-state index in [1.165, 1.54) is 12.1 Å². The molecular formula is C15H18ClFN4O2. The Bertz CT molecular complexity index is 705. The number of rotatable bonds is 6. The van der Waals surface area contributed by atoms with E-state index in [2.05, 4.69) is 15.7 Å². The quantitative estimate of drug-likeness (QED) is 0.749. The molecule has 0 saturated carbocycles. The number of nitrogens with zero attached hydrogens (tertiary/aromatic N) is 2. The van der Waals surface area contributed by atoms with Gasteiger partial charge in [-0.25, -0.2) is 4.39 Å². The molecule has 1 amide bonds. The summed E-state index contributed by atoms with van der Waals surface area (Å²) in [5.74, 6) is -0.285. The molecule has 8 heteroatoms. The standard InChI is InChI=1S/C15H18ClFN4O2/c1-9-5-14(21(2)20-9)19-15(23)7-18-13(8-22)10-3-4-11(16)12(17)6-10/h3-6,13,18,22H,7-8H2,1-2H3,(H,19,23)/t13-/m0/s1. The van der Waals surface area contributed by atoms with Gasteiger partial charge in [-0.1, -0.05) is 17.7 Å². The fourth-order valence-electron chi connectivity index (χ4n) is 2.15. The minimum absolute atomic E-state index is 0.00904. The van der Waals surface area contributed by atoms with Gasteiger partial charge in [0.25, 0.3) is 0 Å². The number of aromatic nitrogens is 2. The highest BCUT2D eigenvalue weighted by atomic mass is 35.5. The molecule has 1 atom stereocenters. The van der Waals surface area contributed by atoms with E-state index in [1.54, 1.807) is 23.9 Å². The highest BCUT2D eigenvalue weighted by Crippen LogP contribution is 2.20. The van der Waals surface area contributed by atoms with Gasteiger partial charge in [0, 0.05) is 13.1 Å². The zero-order valence-corrected chi connectivity index (χ0v) is 13.6. The van der Waals surface area contributed by atoms with Crippen LogP contribution in [0.2, 0.25) is 5.02 Å². The summed E-state index contributed by atoms with van der Waals surface area (Å²) in [5.41, 5.74) is 1.30. The van der Waals surface area contributed by atoms with Crippen LogP contribution in [-0.2, 0) is 11.8 Å². The SMILES string of the molecule is Cc1cc(NC(=O)CN[C@@H](CO)c2ccc(Cl)c(F)c2)n(C)n1. The van der Waals surface area contributed by atoms with Crippen LogP contribution in [0.5, 0.6) is 0 Å². The predicted octanol–water partition coefficient (Wildman–Crippen LogP) is 1.78. The third kappa shape index (κ3) is 4.51. The van der Waals surface area contributed by atoms with Crippen LogP contribution in [0.25, 0.3) is 0 Å². The average Bonchev–Trinajstić information content (AvgIpc) is 2.81. The number of aliphatic hydroxyl groups is 1. The van der Waals surface area contributed by atoms with Crippen LogP contribution in [0.3, 0.4) is 0 Å². The molecule has 0 unspecified atom stereocenters. The first-order valence-corrected chi connectivity index (χ1v) is 7.38. The van der Waals surface area contributed by atoms with Crippen LogP contribution >= 0.6 is 11.6 Å². The number of carbonyl (C=O) groups is 1. The predicted molar refractivity (Wildman–Crippen MR) is 85.8 cm³/mol. The van der Waals surface area contributed by atoms with Crippen molar-refractivity contribution in [2.45, 2.75) is 13.0 Å². The second-order valence-electron chi connectivity index (χ2n) is 5.13. The Kier molecular flexibility index (Phi) is 5.70. The molecular weight excluding hydrogens is 323 g/mol. The van der Waals surface area contributed by atoms with E-state index in [9.17, 15) is 14.3 Å². The third-order valence-electron chi connectivity index (χ3n) is 3.31. The number of hydrogen-bond donors (Lipinski definition) is 3. The minimum Gasteiger partial charge on any atom is -0.394 e. The molecule has 3 N–H and O–H groups in total. The second kappa shape index (κ2) is 7.54. The number of aliphatic hydroxyl groups excluding tert-OH is 1. The minimum atomic E-state index is -0.570. The summed E-state index contributed by atoms with van der Waals surface area (Å²) >= 11 is 5.63. The largest absolute Gasteiger partial charge is 0.394 e. The Balaban J connectivity index is 1.95. The van der Waals surface area contributed by atoms with Crippen molar-refractivity contribution in [1.82, 2.24) is 15.1 Å². The number of anilines is 1. The fourth-order valence-corrected chi connectivity index (χ4v) is 2.27. The normalized spacial score (nSPS) is 12.2. The van der Waals surface area contributed by atoms with Crippen molar-refractivity contribution < 1.29 is 14.3 Å². The highest BCUT2D eigenvalue weighted by Gasteiger charge is 2.14. The summed E-state index contributed by atoms with van der Waals surface area (Å²) < 4.78 is 15.0. The van der Waals surface area contributed by atoms with Crippen LogP contribution in [0.1, 0.15) is 17.3 Å². The van der Waals surface area contributed by atoms with Crippen LogP contribution < -0.4 is 10.6 Å². The molecule has 1 aromatic heterocycles. The Morgan fingerprint density at radius 2 is 2.22 bits per heavy atom. The second-order valence-corrected chi connectivity index (χ2v) is 5.54. The molecule has 0 fully saturated rings. The van der Waals surface area contributed by atoms with Crippen molar-refractivity contribution in [2.24, 2.45) is 7.05 Å². The molecule has 0 radical (unpaired) electrons. The van der Waals surface area contributed by atoms with Crippen molar-refractivity contribution in [3.05, 3.63) is 46.4 Å². The van der Waals surface area contributed by atoms with Gasteiger partial charge in [0.1, 0.15) is 11.6 Å². The summed E-state index contributed by atoms with van der Waals surface area (Å²) in [6.07, 6.45) is 0. The highest BCUT2D eigenvalue weighted by molar-refractivity contribution is 6.30. The maximum absolute atomic E-state index is 13.5. The van der Waals surface area contributed by atoms with Crippen LogP contribution in [0, 0.1) is 12.7 Å². The monoisotopic (exact) mass is 340 g/mol. The molecule has 2 aromatic rings. The van der Waals surface area contributed by atoms with E-state index in [1.807, 2.05) is 6.92 Å². The summed E-state index contributed by atoms with van der Waals surface area (Å²) in [4.78, 5) is 12.0. The molecule has 23 heavy (non-hydrogen) atoms. The molecule has 6 nitrogen and oxygen atoms in total. The van der Waals surface area contributed by atoms with E-state index in [4.69, 9.17) is 11.6 Å². The van der Waals surface area contributed by atoms with E-state index in [-0.39, 0.29) is 24.1 Å². The zero-order chi connectivity index (χ0) is 17.0. The lowest BCUT2D eigenvalue weighted by atomic mass is 10.1. The zero-order valence-electron chi connectivity index (χ0n) is 12.8. The smallest absolute Gasteiger partial charge is 0.239 e. The molecule has 0 bridgehead atoms. The van der Waals surface area contributed by atoms with E-state index >= 15 is 0 Å². The van der Waals surface area contributed by atoms with Crippen molar-refractivity contribution >= 4 is 23.3 Å². The van der Waals surface area contributed by atoms with Crippen molar-refractivity contribution in [3.8, 4) is 0 Å². The molecule has 0 aliphatic heterocycles. The molecule has 1 aromatic carbocycles. The van der Waals surface area contributed by atoms with Crippen LogP contribution in [-0.4, -0.2) is 33.9 Å². The lowest BCUT2D eigenvalue weighted by Gasteiger charge is -2.17. The first kappa shape index (κ1) is 17.4. The number of halogens is 2. The van der Waals surface area contributed by atoms with E-state index in [0.29, 0.717) is 11.4 Å². The van der Waals surface area contributed by atoms with Gasteiger partial charge in [-0.3, -0.25) is 14.8 Å². The van der Waals surface area contributed by atoms with Gasteiger partial charge in [0.05, 0.1) is 29.9 Å². The molecule has 0 saturated heterocycles. The molecule has 124 valence electrons. The topological polar surface area (TPSA) is 79.2 Å². The van der Waals surface area contributed by atoms with E-state index < -0.39 is 11.9 Å². The fraction of sp³-hybridized carbons (Fsp3) is 0.333. The number of amides is 1. The van der Waals surface area contributed by atoms with Gasteiger partial charge in [-0.05, 0) is 24.6 Å². The van der Waals surface area contributed by atoms with Crippen molar-refractivity contribution in [3.63, 3.8) is 0 Å². The summed E-state index contributed by atoms with van der Waals surface area (Å²) in [5, 5.41) is 19.1. The molecule has 0 spiro atoms. The van der Waals surface area contributed by atoms with Gasteiger partial charge < -0.3 is 10.4 Å². The summed E-state index contributed by atoms with van der Waals surface area (Å²) in [6, 6.07) is 5.42. The summed E-state index contributed by atoms with van der Waals surface area (Å²) in [7, 11) is 1.73. The number of nitrogens with one attached hydrogen (secondary N) is 2. The maximum Gasteiger partial charge on any atom is 0.239 e. The molecule has 0 aliphatic rings. The Morgan fingerprint density at radius 3 is 2.78 bits per heavy atom. The summed E-state index contributed by atoms with van der Waals surface area (Å²) in [6.45, 7) is 1.50. The van der Waals surface area contributed by atoms with Gasteiger partial charge >= 0.3 is 0 Å². The molecule has 2 rings (SSSR count). The number of benzene rings is 1. The average molecular weight is 341 g/mol. The number of carbonyl (C=O) groups excluding carboxylic acids is 1. The van der Waals surface area contributed by atoms with Gasteiger partial charge in [-0.15, -0.1) is 0 Å². The van der Waals surface area contributed by atoms with Gasteiger partial charge in [0.2, 0.25) is 5.91 Å². The Hall–Kier alpha value is -1.96. The third-order valence-corrected chi connectivity index (χ3v) is 3.61. The van der Waals surface area contributed by atoms with Crippen LogP contribution in [0.15, 0.2) is 24.3 Å². The van der Waals surface area contributed by atoms with Gasteiger partial charge in [0.15, 0.2) is 0 Å². The first-order chi connectivity index (χ1) is 10.9. The van der Waals surface area contributed by atoms with Crippen molar-refractivity contribution in [1.29, 1.82) is 0 Å². The van der Waals surface area contributed by atoms with E-state index in [0.717, 1.165) is 5.69 Å². The Labute approximate surface area is 138 Å². The lowest BCUT2D eigenvalue weighted by Crippen LogP contribution is -2.33. The number of hydrogen-bond acceptors (Lipinski definition) is 4. The lowest BCUT2D eigenvalue weighted by molar-refractivity contribution is -0.115. The van der Waals surface area contributed by atoms with Gasteiger partial charge in [-0.2, -0.15) is 5.10 Å². The van der Waals surface area contributed by atoms with Crippen LogP contribution in [0.4, 0.5) is 10.2 Å². The molecule has 1 heterocycles. The Morgan fingerprint density at radius 1 is 1.48 bits per heavy atom. The first-order valence-electron chi connectivity index (χ1n) is 7.00. The number of aryl methyl sites for hydroxylation is 2. The van der Waals surface area contributed by atoms with Crippen molar-refractivity contribution in [2.75, 3.05) is 18.5 Å². The maximum atomic E-state index is 13.5.